The molecule has 0 N–H and O–H groups in total. The fourth-order valence-corrected chi connectivity index (χ4v) is 23.6. The second-order valence-electron chi connectivity index (χ2n) is 38.9. The van der Waals surface area contributed by atoms with Gasteiger partial charge in [0.25, 0.3) is 0 Å². The normalized spacial score (nSPS) is 11.6. The third kappa shape index (κ3) is 15.4. The maximum atomic E-state index is 2.47. The first-order valence-corrected chi connectivity index (χ1v) is 51.6. The summed E-state index contributed by atoms with van der Waals surface area (Å²) in [5.74, 6) is 0. The molecule has 0 unspecified atom stereocenters. The molecule has 30 aromatic rings. The number of fused-ring (bicyclic) bond motifs is 21. The zero-order valence-corrected chi connectivity index (χ0v) is 82.1. The van der Waals surface area contributed by atoms with Crippen molar-refractivity contribution in [2.75, 3.05) is 0 Å². The Morgan fingerprint density at radius 3 is 0.453 bits per heavy atom. The van der Waals surface area contributed by atoms with Gasteiger partial charge in [-0.05, 0) is 270 Å². The van der Waals surface area contributed by atoms with Crippen LogP contribution in [0.3, 0.4) is 0 Å². The van der Waals surface area contributed by atoms with Gasteiger partial charge in [-0.25, -0.2) is 0 Å². The highest BCUT2D eigenvalue weighted by molar-refractivity contribution is 6.32. The highest BCUT2D eigenvalue weighted by Gasteiger charge is 2.28. The lowest BCUT2D eigenvalue weighted by Crippen LogP contribution is -1.97. The van der Waals surface area contributed by atoms with Crippen LogP contribution in [0.25, 0.3) is 265 Å². The van der Waals surface area contributed by atoms with Gasteiger partial charge in [-0.3, -0.25) is 0 Å². The van der Waals surface area contributed by atoms with E-state index < -0.39 is 0 Å². The Balaban J connectivity index is 0.000000109. The molecule has 0 aliphatic carbocycles. The molecule has 6 aromatic heterocycles. The van der Waals surface area contributed by atoms with Crippen molar-refractivity contribution in [1.82, 2.24) is 27.4 Å². The molecule has 0 radical (unpaired) electrons. The number of benzene rings is 24. The van der Waals surface area contributed by atoms with E-state index in [9.17, 15) is 0 Å². The van der Waals surface area contributed by atoms with E-state index in [0.717, 1.165) is 28.4 Å². The van der Waals surface area contributed by atoms with Crippen molar-refractivity contribution < 1.29 is 0 Å². The van der Waals surface area contributed by atoms with Crippen LogP contribution in [-0.2, 0) is 0 Å². The molecule has 6 heteroatoms. The molecule has 0 fully saturated rings. The first kappa shape index (κ1) is 87.8. The molecular formula is C144H96N6. The maximum absolute atomic E-state index is 2.47. The summed E-state index contributed by atoms with van der Waals surface area (Å²) in [6.07, 6.45) is 0. The highest BCUT2D eigenvalue weighted by atomic mass is 15.0. The predicted octanol–water partition coefficient (Wildman–Crippen LogP) is 38.6. The van der Waals surface area contributed by atoms with Gasteiger partial charge in [-0.2, -0.15) is 0 Å². The Labute approximate surface area is 868 Å². The van der Waals surface area contributed by atoms with Crippen molar-refractivity contribution in [3.63, 3.8) is 0 Å². The minimum Gasteiger partial charge on any atom is -0.309 e. The van der Waals surface area contributed by atoms with Gasteiger partial charge in [0.2, 0.25) is 0 Å². The van der Waals surface area contributed by atoms with Crippen LogP contribution < -0.4 is 0 Å². The molecule has 30 rings (SSSR count). The van der Waals surface area contributed by atoms with Crippen LogP contribution in [0.4, 0.5) is 0 Å². The Hall–Kier alpha value is -19.9. The van der Waals surface area contributed by atoms with E-state index in [1.807, 2.05) is 0 Å². The van der Waals surface area contributed by atoms with Crippen LogP contribution in [0.2, 0.25) is 0 Å². The third-order valence-electron chi connectivity index (χ3n) is 30.2. The second-order valence-corrected chi connectivity index (χ2v) is 38.9. The summed E-state index contributed by atoms with van der Waals surface area (Å²) >= 11 is 0. The van der Waals surface area contributed by atoms with Gasteiger partial charge >= 0.3 is 0 Å². The standard InChI is InChI=1S/C54H36N2.C48H32N2.C42H28N2/c1-5-17-37(18-6-1)41-31-42(38-19-7-2-8-20-38)34-45(33-41)55-49-27-15-13-25-47(49)53-51(55)29-30-52-54(53)48-26-14-16-28-50(48)56(52)46-35-43(39-21-9-3-10-22-39)32-44(36-46)40-23-11-4-12-24-40;1-4-15-33(16-5-1)36-21-14-22-39(30-36)49-43-25-12-10-23-41(43)47-45(49)27-28-46-48(47)42-24-11-13-26-44(42)50(46)40-31-37(34-17-6-2-7-18-34)29-38(32-40)35-19-8-3-9-20-35;1-3-13-29(14-4-1)30-15-11-16-31(27-30)32-17-12-20-34(28-32)44-38-24-10-8-22-36(38)42-40(44)26-25-39-41(42)35-21-7-9-23-37(35)43(39)33-18-5-2-6-19-33/h1-36H;1-32H;1-28H. The fourth-order valence-electron chi connectivity index (χ4n) is 23.6. The zero-order chi connectivity index (χ0) is 99.1. The Bertz CT molecular complexity index is 10000. The summed E-state index contributed by atoms with van der Waals surface area (Å²) in [6, 6.07) is 211. The average molecular weight is 1910 g/mol. The minimum absolute atomic E-state index is 1.14. The molecule has 0 aliphatic rings. The molecule has 0 atom stereocenters. The van der Waals surface area contributed by atoms with Gasteiger partial charge < -0.3 is 27.4 Å². The Morgan fingerprint density at radius 1 is 0.0800 bits per heavy atom. The molecular weight excluding hydrogens is 1810 g/mol. The van der Waals surface area contributed by atoms with E-state index in [4.69, 9.17) is 0 Å². The molecule has 6 nitrogen and oxygen atoms in total. The molecule has 0 bridgehead atoms. The SMILES string of the molecule is c1ccc(-c2cc(-c3ccccc3)cc(-n3c4ccccc4c4c5c6ccccc6n(-c6cc(-c7ccccc7)cc(-c7ccccc7)c6)c5ccc43)c2)cc1.c1ccc(-c2cccc(-c3cccc(-n4c5ccccc5c5c6c7ccccc7n(-c7ccccc7)c6ccc54)c3)c2)cc1.c1ccc(-c2cccc(-n3c4ccccc4c4c5c6ccccc6n(-c6cc(-c7ccccc7)cc(-c7ccccc7)c6)c5ccc43)c2)cc1. The smallest absolute Gasteiger partial charge is 0.0548 e. The molecule has 702 valence electrons. The third-order valence-corrected chi connectivity index (χ3v) is 30.2. The lowest BCUT2D eigenvalue weighted by Gasteiger charge is -2.15. The fraction of sp³-hybridized carbons (Fsp3) is 0. The molecule has 6 heterocycles. The Kier molecular flexibility index (Phi) is 21.9. The summed E-state index contributed by atoms with van der Waals surface area (Å²) in [6.45, 7) is 0. The predicted molar refractivity (Wildman–Crippen MR) is 634 cm³/mol. The van der Waals surface area contributed by atoms with Crippen LogP contribution >= 0.6 is 0 Å². The lowest BCUT2D eigenvalue weighted by molar-refractivity contribution is 1.17. The van der Waals surface area contributed by atoms with Crippen molar-refractivity contribution >= 4 is 131 Å². The number of aromatic nitrogens is 6. The van der Waals surface area contributed by atoms with Gasteiger partial charge in [-0.1, -0.05) is 413 Å². The number of nitrogens with zero attached hydrogens (tertiary/aromatic N) is 6. The van der Waals surface area contributed by atoms with E-state index >= 15 is 0 Å². The molecule has 0 amide bonds. The van der Waals surface area contributed by atoms with Gasteiger partial charge in [-0.15, -0.1) is 0 Å². The zero-order valence-electron chi connectivity index (χ0n) is 82.1. The number of para-hydroxylation sites is 7. The van der Waals surface area contributed by atoms with Crippen LogP contribution in [0.5, 0.6) is 0 Å². The van der Waals surface area contributed by atoms with E-state index in [1.165, 1.54) is 237 Å². The summed E-state index contributed by atoms with van der Waals surface area (Å²) < 4.78 is 14.7. The maximum Gasteiger partial charge on any atom is 0.0548 e. The summed E-state index contributed by atoms with van der Waals surface area (Å²) in [7, 11) is 0. The van der Waals surface area contributed by atoms with E-state index in [2.05, 4.69) is 610 Å². The molecule has 0 saturated heterocycles. The topological polar surface area (TPSA) is 29.6 Å². The number of hydrogen-bond donors (Lipinski definition) is 0. The Morgan fingerprint density at radius 2 is 0.220 bits per heavy atom. The molecule has 0 spiro atoms. The number of rotatable bonds is 15. The number of hydrogen-bond acceptors (Lipinski definition) is 0. The summed E-state index contributed by atoms with van der Waals surface area (Å²) in [5.41, 5.74) is 43.0. The van der Waals surface area contributed by atoms with Crippen molar-refractivity contribution in [1.29, 1.82) is 0 Å². The largest absolute Gasteiger partial charge is 0.309 e. The van der Waals surface area contributed by atoms with E-state index in [1.54, 1.807) is 0 Å². The van der Waals surface area contributed by atoms with Crippen LogP contribution in [0.1, 0.15) is 0 Å². The molecule has 0 aliphatic heterocycles. The van der Waals surface area contributed by atoms with Crippen molar-refractivity contribution in [2.45, 2.75) is 0 Å². The van der Waals surface area contributed by atoms with Gasteiger partial charge in [0, 0.05) is 98.8 Å². The molecule has 150 heavy (non-hydrogen) atoms. The summed E-state index contributed by atoms with van der Waals surface area (Å²) in [4.78, 5) is 0. The van der Waals surface area contributed by atoms with Crippen molar-refractivity contribution in [3.05, 3.63) is 582 Å². The van der Waals surface area contributed by atoms with Crippen LogP contribution in [0, 0.1) is 0 Å². The van der Waals surface area contributed by atoms with Crippen molar-refractivity contribution in [3.8, 4) is 134 Å². The second kappa shape index (κ2) is 37.4. The van der Waals surface area contributed by atoms with Crippen molar-refractivity contribution in [2.24, 2.45) is 0 Å². The average Bonchev–Trinajstić information content (AvgIpc) is 1.55. The van der Waals surface area contributed by atoms with E-state index in [-0.39, 0.29) is 0 Å². The minimum atomic E-state index is 1.14. The van der Waals surface area contributed by atoms with E-state index in [0.29, 0.717) is 0 Å². The summed E-state index contributed by atoms with van der Waals surface area (Å²) in [5, 5.41) is 15.2. The lowest BCUT2D eigenvalue weighted by atomic mass is 9.98. The van der Waals surface area contributed by atoms with Gasteiger partial charge in [0.1, 0.15) is 0 Å². The van der Waals surface area contributed by atoms with Gasteiger partial charge in [0.15, 0.2) is 0 Å². The molecule has 24 aromatic carbocycles. The van der Waals surface area contributed by atoms with Gasteiger partial charge in [0.05, 0.1) is 66.2 Å². The van der Waals surface area contributed by atoms with Crippen LogP contribution in [0.15, 0.2) is 582 Å². The highest BCUT2D eigenvalue weighted by Crippen LogP contribution is 2.50. The van der Waals surface area contributed by atoms with Crippen LogP contribution in [-0.4, -0.2) is 27.4 Å². The first-order valence-electron chi connectivity index (χ1n) is 51.6. The quantitative estimate of drug-likeness (QED) is 0.0979. The molecule has 0 saturated carbocycles. The monoisotopic (exact) mass is 1910 g/mol. The first-order chi connectivity index (χ1) is 74.4.